The van der Waals surface area contributed by atoms with Crippen molar-refractivity contribution in [3.05, 3.63) is 117 Å². The summed E-state index contributed by atoms with van der Waals surface area (Å²) >= 11 is 0. The molecular formula is C41H44N4O9. The molecule has 2 aromatic heterocycles. The van der Waals surface area contributed by atoms with Crippen LogP contribution in [0.1, 0.15) is 35.6 Å². The third kappa shape index (κ3) is 8.11. The smallest absolute Gasteiger partial charge is 0.420 e. The minimum absolute atomic E-state index is 0.104. The molecule has 0 spiro atoms. The Balaban J connectivity index is 0.000000244. The van der Waals surface area contributed by atoms with Crippen molar-refractivity contribution in [3.8, 4) is 22.6 Å². The van der Waals surface area contributed by atoms with Gasteiger partial charge in [0.25, 0.3) is 0 Å². The number of aliphatic carboxylic acids is 1. The average molecular weight is 737 g/mol. The number of nitrogens with zero attached hydrogens (tertiary/aromatic N) is 4. The summed E-state index contributed by atoms with van der Waals surface area (Å²) in [6.07, 6.45) is 2.35. The maximum absolute atomic E-state index is 13.6. The number of aromatic nitrogens is 2. The van der Waals surface area contributed by atoms with Crippen LogP contribution in [0.25, 0.3) is 33.3 Å². The van der Waals surface area contributed by atoms with Gasteiger partial charge >= 0.3 is 17.5 Å². The summed E-state index contributed by atoms with van der Waals surface area (Å²) in [7, 11) is 4.92. The number of carbonyl (C=O) groups excluding carboxylic acids is 1. The van der Waals surface area contributed by atoms with Crippen molar-refractivity contribution in [2.24, 2.45) is 0 Å². The molecule has 4 aromatic carbocycles. The molecule has 0 saturated carbocycles. The SMILES string of the molecule is COc1cc2c(cc1C)oc(=O)n2CC(=O)N(C)C(CN1CCCC1)c1ccc(-c2ccccc2)cc1.COc1cc2c(cc1C)oc(=O)n2CC(=O)O. The Hall–Kier alpha value is -6.08. The predicted octanol–water partition coefficient (Wildman–Crippen LogP) is 5.87. The molecule has 1 atom stereocenters. The van der Waals surface area contributed by atoms with Gasteiger partial charge in [0, 0.05) is 25.7 Å². The van der Waals surface area contributed by atoms with Crippen molar-refractivity contribution in [3.63, 3.8) is 0 Å². The van der Waals surface area contributed by atoms with E-state index in [4.69, 9.17) is 23.4 Å². The summed E-state index contributed by atoms with van der Waals surface area (Å²) in [5, 5.41) is 8.72. The maximum Gasteiger partial charge on any atom is 0.420 e. The number of amides is 1. The second-order valence-corrected chi connectivity index (χ2v) is 13.4. The molecule has 3 heterocycles. The van der Waals surface area contributed by atoms with Crippen molar-refractivity contribution in [1.29, 1.82) is 0 Å². The lowest BCUT2D eigenvalue weighted by atomic mass is 9.99. The molecule has 13 nitrogen and oxygen atoms in total. The molecule has 7 rings (SSSR count). The molecule has 282 valence electrons. The van der Waals surface area contributed by atoms with E-state index in [0.717, 1.165) is 52.0 Å². The summed E-state index contributed by atoms with van der Waals surface area (Å²) in [5.74, 6) is -1.26. The molecule has 1 saturated heterocycles. The van der Waals surface area contributed by atoms with E-state index in [1.807, 2.05) is 39.1 Å². The minimum atomic E-state index is -1.10. The molecule has 54 heavy (non-hydrogen) atoms. The van der Waals surface area contributed by atoms with Gasteiger partial charge in [-0.25, -0.2) is 9.59 Å². The van der Waals surface area contributed by atoms with E-state index in [-0.39, 0.29) is 18.5 Å². The summed E-state index contributed by atoms with van der Waals surface area (Å²) in [5.41, 5.74) is 6.82. The molecule has 1 amide bonds. The molecule has 0 radical (unpaired) electrons. The molecule has 1 N–H and O–H groups in total. The van der Waals surface area contributed by atoms with E-state index < -0.39 is 24.0 Å². The van der Waals surface area contributed by atoms with E-state index in [1.54, 1.807) is 36.3 Å². The van der Waals surface area contributed by atoms with E-state index in [1.165, 1.54) is 24.5 Å². The molecule has 1 unspecified atom stereocenters. The van der Waals surface area contributed by atoms with Crippen LogP contribution < -0.4 is 21.0 Å². The summed E-state index contributed by atoms with van der Waals surface area (Å²) in [6, 6.07) is 25.3. The molecule has 1 aliphatic rings. The number of likely N-dealkylation sites (N-methyl/N-ethyl adjacent to an activating group) is 1. The molecular weight excluding hydrogens is 692 g/mol. The summed E-state index contributed by atoms with van der Waals surface area (Å²) in [6.45, 7) is 5.98. The second kappa shape index (κ2) is 16.3. The Morgan fingerprint density at radius 2 is 1.26 bits per heavy atom. The molecule has 1 fully saturated rings. The monoisotopic (exact) mass is 736 g/mol. The van der Waals surface area contributed by atoms with Crippen LogP contribution in [-0.2, 0) is 22.7 Å². The topological polar surface area (TPSA) is 150 Å². The quantitative estimate of drug-likeness (QED) is 0.171. The number of ether oxygens (including phenoxy) is 2. The number of benzene rings is 4. The fourth-order valence-electron chi connectivity index (χ4n) is 6.87. The zero-order chi connectivity index (χ0) is 38.5. The Labute approximate surface area is 311 Å². The van der Waals surface area contributed by atoms with Gasteiger partial charge in [0.15, 0.2) is 11.2 Å². The van der Waals surface area contributed by atoms with Crippen molar-refractivity contribution < 1.29 is 33.0 Å². The molecule has 1 aliphatic heterocycles. The lowest BCUT2D eigenvalue weighted by Gasteiger charge is -2.32. The fraction of sp³-hybridized carbons (Fsp3) is 0.317. The first-order chi connectivity index (χ1) is 26.0. The zero-order valence-corrected chi connectivity index (χ0v) is 31.0. The van der Waals surface area contributed by atoms with Crippen LogP contribution in [0.4, 0.5) is 0 Å². The van der Waals surface area contributed by atoms with Crippen LogP contribution in [0.15, 0.2) is 97.3 Å². The van der Waals surface area contributed by atoms with Gasteiger partial charge in [0.05, 0.1) is 31.3 Å². The number of hydrogen-bond donors (Lipinski definition) is 1. The molecule has 0 bridgehead atoms. The highest BCUT2D eigenvalue weighted by Crippen LogP contribution is 2.29. The van der Waals surface area contributed by atoms with Gasteiger partial charge in [-0.1, -0.05) is 54.6 Å². The van der Waals surface area contributed by atoms with E-state index >= 15 is 0 Å². The second-order valence-electron chi connectivity index (χ2n) is 13.4. The Morgan fingerprint density at radius 3 is 1.76 bits per heavy atom. The Kier molecular flexibility index (Phi) is 11.4. The lowest BCUT2D eigenvalue weighted by molar-refractivity contribution is -0.137. The van der Waals surface area contributed by atoms with Crippen molar-refractivity contribution >= 4 is 34.1 Å². The minimum Gasteiger partial charge on any atom is -0.496 e. The normalized spacial score (nSPS) is 13.4. The van der Waals surface area contributed by atoms with Crippen LogP contribution in [-0.4, -0.2) is 76.8 Å². The highest BCUT2D eigenvalue weighted by atomic mass is 16.5. The number of fused-ring (bicyclic) bond motifs is 2. The first-order valence-corrected chi connectivity index (χ1v) is 17.7. The van der Waals surface area contributed by atoms with Crippen LogP contribution in [0.5, 0.6) is 11.5 Å². The number of likely N-dealkylation sites (tertiary alicyclic amines) is 1. The van der Waals surface area contributed by atoms with Gasteiger partial charge < -0.3 is 33.2 Å². The van der Waals surface area contributed by atoms with Crippen molar-refractivity contribution in [2.75, 3.05) is 40.9 Å². The van der Waals surface area contributed by atoms with Crippen LogP contribution in [0.2, 0.25) is 0 Å². The summed E-state index contributed by atoms with van der Waals surface area (Å²) in [4.78, 5) is 52.6. The lowest BCUT2D eigenvalue weighted by Crippen LogP contribution is -2.40. The van der Waals surface area contributed by atoms with Gasteiger partial charge in [-0.15, -0.1) is 0 Å². The number of carboxylic acid groups (broad SMARTS) is 1. The van der Waals surface area contributed by atoms with E-state index in [9.17, 15) is 19.2 Å². The van der Waals surface area contributed by atoms with Crippen LogP contribution in [0.3, 0.4) is 0 Å². The predicted molar refractivity (Wildman–Crippen MR) is 204 cm³/mol. The largest absolute Gasteiger partial charge is 0.496 e. The number of rotatable bonds is 11. The van der Waals surface area contributed by atoms with Crippen molar-refractivity contribution in [2.45, 2.75) is 45.8 Å². The standard InChI is InChI=1S/C30H33N3O4.C11H11NO5/c1-21-17-28-25(18-27(21)36-3)33(30(35)37-28)20-29(34)31(2)26(19-32-15-7-8-16-32)24-13-11-23(12-14-24)22-9-5-4-6-10-22;1-6-3-9-7(4-8(6)16-2)12(5-10(13)14)11(15)17-9/h4-6,9-14,17-18,26H,7-8,15-16,19-20H2,1-3H3;3-4H,5H2,1-2H3,(H,13,14). The maximum atomic E-state index is 13.6. The van der Waals surface area contributed by atoms with E-state index in [0.29, 0.717) is 33.7 Å². The number of oxazole rings is 2. The first kappa shape index (κ1) is 37.7. The van der Waals surface area contributed by atoms with Gasteiger partial charge in [-0.2, -0.15) is 0 Å². The third-order valence-electron chi connectivity index (χ3n) is 9.85. The summed E-state index contributed by atoms with van der Waals surface area (Å²) < 4.78 is 23.4. The van der Waals surface area contributed by atoms with Crippen LogP contribution >= 0.6 is 0 Å². The molecule has 0 aliphatic carbocycles. The number of carboxylic acids is 1. The van der Waals surface area contributed by atoms with Gasteiger partial charge in [-0.05, 0) is 79.7 Å². The van der Waals surface area contributed by atoms with Gasteiger partial charge in [-0.3, -0.25) is 18.7 Å². The zero-order valence-electron chi connectivity index (χ0n) is 31.0. The van der Waals surface area contributed by atoms with Crippen LogP contribution in [0, 0.1) is 13.8 Å². The Morgan fingerprint density at radius 1 is 0.759 bits per heavy atom. The first-order valence-electron chi connectivity index (χ1n) is 17.7. The Bertz CT molecular complexity index is 2380. The fourth-order valence-corrected chi connectivity index (χ4v) is 6.87. The average Bonchev–Trinajstić information content (AvgIpc) is 3.87. The van der Waals surface area contributed by atoms with E-state index in [2.05, 4.69) is 41.3 Å². The van der Waals surface area contributed by atoms with Gasteiger partial charge in [0.1, 0.15) is 24.6 Å². The number of hydrogen-bond acceptors (Lipinski definition) is 9. The third-order valence-corrected chi connectivity index (χ3v) is 9.85. The number of carbonyl (C=O) groups is 2. The highest BCUT2D eigenvalue weighted by Gasteiger charge is 2.27. The van der Waals surface area contributed by atoms with Gasteiger partial charge in [0.2, 0.25) is 5.91 Å². The number of methoxy groups -OCH3 is 2. The molecule has 13 heteroatoms. The highest BCUT2D eigenvalue weighted by molar-refractivity contribution is 5.81. The molecule has 6 aromatic rings. The van der Waals surface area contributed by atoms with Crippen molar-refractivity contribution in [1.82, 2.24) is 18.9 Å². The number of aryl methyl sites for hydroxylation is 2.